The lowest BCUT2D eigenvalue weighted by Crippen LogP contribution is -2.13. The Morgan fingerprint density at radius 2 is 1.71 bits per heavy atom. The standard InChI is InChI=1S/C23H23Cl2N5S/c1-23(2,3)20-13-19(29(28-20)14-15-10-11-16(24)12-18(15)25)21-26-27-22(31-4)30(21)17-8-6-5-7-9-17/h5-13H,14H2,1-4H3. The molecule has 0 atom stereocenters. The zero-order chi connectivity index (χ0) is 22.2. The first-order valence-corrected chi connectivity index (χ1v) is 11.8. The van der Waals surface area contributed by atoms with Gasteiger partial charge in [0, 0.05) is 21.1 Å². The number of aromatic nitrogens is 5. The van der Waals surface area contributed by atoms with Gasteiger partial charge in [-0.3, -0.25) is 9.25 Å². The topological polar surface area (TPSA) is 48.5 Å². The summed E-state index contributed by atoms with van der Waals surface area (Å²) >= 11 is 14.1. The zero-order valence-corrected chi connectivity index (χ0v) is 20.1. The molecule has 0 N–H and O–H groups in total. The first-order valence-electron chi connectivity index (χ1n) is 9.85. The molecule has 0 amide bonds. The van der Waals surface area contributed by atoms with E-state index in [-0.39, 0.29) is 5.41 Å². The smallest absolute Gasteiger partial charge is 0.195 e. The lowest BCUT2D eigenvalue weighted by Gasteiger charge is -2.14. The van der Waals surface area contributed by atoms with Crippen LogP contribution in [0.4, 0.5) is 0 Å². The van der Waals surface area contributed by atoms with Gasteiger partial charge in [0.2, 0.25) is 0 Å². The van der Waals surface area contributed by atoms with E-state index in [1.165, 1.54) is 0 Å². The minimum atomic E-state index is -0.121. The highest BCUT2D eigenvalue weighted by Gasteiger charge is 2.25. The summed E-state index contributed by atoms with van der Waals surface area (Å²) in [5.74, 6) is 0.739. The van der Waals surface area contributed by atoms with Crippen LogP contribution in [-0.2, 0) is 12.0 Å². The number of rotatable bonds is 5. The Labute approximate surface area is 196 Å². The van der Waals surface area contributed by atoms with Crippen molar-refractivity contribution in [1.82, 2.24) is 24.5 Å². The van der Waals surface area contributed by atoms with Crippen LogP contribution in [0.1, 0.15) is 32.0 Å². The second kappa shape index (κ2) is 8.69. The average Bonchev–Trinajstić information content (AvgIpc) is 3.34. The summed E-state index contributed by atoms with van der Waals surface area (Å²) in [5, 5.41) is 15.9. The predicted molar refractivity (Wildman–Crippen MR) is 129 cm³/mol. The summed E-state index contributed by atoms with van der Waals surface area (Å²) in [7, 11) is 0. The third-order valence-corrected chi connectivity index (χ3v) is 6.16. The molecular weight excluding hydrogens is 449 g/mol. The summed E-state index contributed by atoms with van der Waals surface area (Å²) in [6.07, 6.45) is 2.00. The third kappa shape index (κ3) is 4.52. The van der Waals surface area contributed by atoms with E-state index >= 15 is 0 Å². The van der Waals surface area contributed by atoms with E-state index in [0.29, 0.717) is 16.6 Å². The maximum Gasteiger partial charge on any atom is 0.195 e. The molecule has 4 aromatic rings. The minimum Gasteiger partial charge on any atom is -0.269 e. The highest BCUT2D eigenvalue weighted by molar-refractivity contribution is 7.98. The summed E-state index contributed by atoms with van der Waals surface area (Å²) in [5.41, 5.74) is 3.67. The molecule has 8 heteroatoms. The van der Waals surface area contributed by atoms with Gasteiger partial charge >= 0.3 is 0 Å². The van der Waals surface area contributed by atoms with Crippen LogP contribution < -0.4 is 0 Å². The molecule has 0 aliphatic heterocycles. The van der Waals surface area contributed by atoms with Crippen LogP contribution in [-0.4, -0.2) is 30.8 Å². The second-order valence-corrected chi connectivity index (χ2v) is 9.86. The van der Waals surface area contributed by atoms with Gasteiger partial charge in [0.1, 0.15) is 5.69 Å². The monoisotopic (exact) mass is 471 g/mol. The number of para-hydroxylation sites is 1. The van der Waals surface area contributed by atoms with Gasteiger partial charge < -0.3 is 0 Å². The molecule has 5 nitrogen and oxygen atoms in total. The van der Waals surface area contributed by atoms with Crippen molar-refractivity contribution in [3.8, 4) is 17.2 Å². The van der Waals surface area contributed by atoms with Crippen molar-refractivity contribution in [3.63, 3.8) is 0 Å². The molecule has 0 unspecified atom stereocenters. The van der Waals surface area contributed by atoms with E-state index in [9.17, 15) is 0 Å². The Morgan fingerprint density at radius 3 is 2.35 bits per heavy atom. The van der Waals surface area contributed by atoms with Gasteiger partial charge in [0.15, 0.2) is 11.0 Å². The normalized spacial score (nSPS) is 11.8. The number of halogens is 2. The van der Waals surface area contributed by atoms with Crippen LogP contribution in [0.2, 0.25) is 10.0 Å². The predicted octanol–water partition coefficient (Wildman–Crippen LogP) is 6.51. The fraction of sp³-hybridized carbons (Fsp3) is 0.261. The lowest BCUT2D eigenvalue weighted by atomic mass is 9.92. The van der Waals surface area contributed by atoms with Gasteiger partial charge in [-0.2, -0.15) is 5.10 Å². The molecule has 0 bridgehead atoms. The van der Waals surface area contributed by atoms with Gasteiger partial charge in [-0.15, -0.1) is 10.2 Å². The van der Waals surface area contributed by atoms with E-state index in [2.05, 4.69) is 41.6 Å². The van der Waals surface area contributed by atoms with Crippen molar-refractivity contribution in [1.29, 1.82) is 0 Å². The molecule has 2 aromatic heterocycles. The molecule has 0 aliphatic rings. The van der Waals surface area contributed by atoms with Crippen LogP contribution in [0.3, 0.4) is 0 Å². The SMILES string of the molecule is CSc1nnc(-c2cc(C(C)(C)C)nn2Cc2ccc(Cl)cc2Cl)n1-c1ccccc1. The molecule has 31 heavy (non-hydrogen) atoms. The van der Waals surface area contributed by atoms with Crippen LogP contribution in [0.15, 0.2) is 59.8 Å². The maximum atomic E-state index is 6.47. The van der Waals surface area contributed by atoms with Crippen LogP contribution in [0, 0.1) is 0 Å². The Balaban J connectivity index is 1.89. The van der Waals surface area contributed by atoms with Crippen LogP contribution in [0.5, 0.6) is 0 Å². The molecule has 0 aliphatic carbocycles. The molecule has 2 heterocycles. The van der Waals surface area contributed by atoms with E-state index in [4.69, 9.17) is 28.3 Å². The zero-order valence-electron chi connectivity index (χ0n) is 17.8. The number of nitrogens with zero attached hydrogens (tertiary/aromatic N) is 5. The third-order valence-electron chi connectivity index (χ3n) is 4.94. The minimum absolute atomic E-state index is 0.121. The Hall–Kier alpha value is -2.28. The molecule has 2 aromatic carbocycles. The van der Waals surface area contributed by atoms with Gasteiger partial charge in [-0.25, -0.2) is 0 Å². The molecule has 160 valence electrons. The molecule has 0 radical (unpaired) electrons. The summed E-state index contributed by atoms with van der Waals surface area (Å²) < 4.78 is 4.01. The molecule has 4 rings (SSSR count). The summed E-state index contributed by atoms with van der Waals surface area (Å²) in [6, 6.07) is 17.7. The Morgan fingerprint density at radius 1 is 0.968 bits per heavy atom. The maximum absolute atomic E-state index is 6.47. The van der Waals surface area contributed by atoms with E-state index in [1.54, 1.807) is 17.8 Å². The van der Waals surface area contributed by atoms with Crippen molar-refractivity contribution in [2.45, 2.75) is 37.9 Å². The van der Waals surface area contributed by atoms with Gasteiger partial charge in [0.25, 0.3) is 0 Å². The number of benzene rings is 2. The fourth-order valence-corrected chi connectivity index (χ4v) is 4.24. The number of hydrogen-bond acceptors (Lipinski definition) is 4. The molecule has 0 saturated heterocycles. The van der Waals surface area contributed by atoms with Gasteiger partial charge in [0.05, 0.1) is 12.2 Å². The van der Waals surface area contributed by atoms with Crippen molar-refractivity contribution < 1.29 is 0 Å². The Kier molecular flexibility index (Phi) is 6.15. The lowest BCUT2D eigenvalue weighted by molar-refractivity contribution is 0.545. The fourth-order valence-electron chi connectivity index (χ4n) is 3.27. The molecule has 0 fully saturated rings. The first-order chi connectivity index (χ1) is 14.8. The second-order valence-electron chi connectivity index (χ2n) is 8.24. The van der Waals surface area contributed by atoms with E-state index in [0.717, 1.165) is 33.6 Å². The highest BCUT2D eigenvalue weighted by atomic mass is 35.5. The quantitative estimate of drug-likeness (QED) is 0.311. The average molecular weight is 472 g/mol. The number of thioether (sulfide) groups is 1. The van der Waals surface area contributed by atoms with Crippen molar-refractivity contribution in [2.75, 3.05) is 6.26 Å². The van der Waals surface area contributed by atoms with Crippen molar-refractivity contribution in [3.05, 3.63) is 75.9 Å². The van der Waals surface area contributed by atoms with Crippen LogP contribution in [0.25, 0.3) is 17.2 Å². The molecule has 0 spiro atoms. The first kappa shape index (κ1) is 21.9. The van der Waals surface area contributed by atoms with Gasteiger partial charge in [-0.1, -0.05) is 80.0 Å². The van der Waals surface area contributed by atoms with Crippen molar-refractivity contribution in [2.24, 2.45) is 0 Å². The summed E-state index contributed by atoms with van der Waals surface area (Å²) in [4.78, 5) is 0. The summed E-state index contributed by atoms with van der Waals surface area (Å²) in [6.45, 7) is 6.94. The largest absolute Gasteiger partial charge is 0.269 e. The van der Waals surface area contributed by atoms with E-state index < -0.39 is 0 Å². The Bertz CT molecular complexity index is 1210. The number of hydrogen-bond donors (Lipinski definition) is 0. The van der Waals surface area contributed by atoms with Crippen molar-refractivity contribution >= 4 is 35.0 Å². The molecule has 0 saturated carbocycles. The van der Waals surface area contributed by atoms with Crippen LogP contribution >= 0.6 is 35.0 Å². The van der Waals surface area contributed by atoms with E-state index in [1.807, 2.05) is 53.4 Å². The van der Waals surface area contributed by atoms with Gasteiger partial charge in [-0.05, 0) is 42.2 Å². The highest BCUT2D eigenvalue weighted by Crippen LogP contribution is 2.32. The molecular formula is C23H23Cl2N5S.